The van der Waals surface area contributed by atoms with E-state index in [0.29, 0.717) is 35.4 Å². The first-order valence-corrected chi connectivity index (χ1v) is 13.3. The Labute approximate surface area is 184 Å². The van der Waals surface area contributed by atoms with Crippen LogP contribution in [-0.2, 0) is 4.74 Å². The molecule has 5 aliphatic rings. The lowest BCUT2D eigenvalue weighted by Gasteiger charge is -2.64. The Bertz CT molecular complexity index is 661. The predicted molar refractivity (Wildman–Crippen MR) is 122 cm³/mol. The van der Waals surface area contributed by atoms with Crippen LogP contribution in [0.3, 0.4) is 0 Å². The average molecular weight is 418 g/mol. The van der Waals surface area contributed by atoms with Gasteiger partial charge in [-0.25, -0.2) is 0 Å². The topological polar surface area (TPSA) is 55.5 Å². The number of aliphatic hydroxyl groups is 1. The normalized spacial score (nSPS) is 57.6. The summed E-state index contributed by atoms with van der Waals surface area (Å²) in [5.41, 5.74) is 6.01. The summed E-state index contributed by atoms with van der Waals surface area (Å²) >= 11 is 0. The van der Waals surface area contributed by atoms with Gasteiger partial charge in [0.2, 0.25) is 0 Å². The van der Waals surface area contributed by atoms with Crippen LogP contribution < -0.4 is 5.73 Å². The van der Waals surface area contributed by atoms with Crippen molar-refractivity contribution in [1.82, 2.24) is 0 Å². The van der Waals surface area contributed by atoms with Gasteiger partial charge in [-0.3, -0.25) is 0 Å². The van der Waals surface area contributed by atoms with E-state index < -0.39 is 5.72 Å². The van der Waals surface area contributed by atoms with E-state index in [1.165, 1.54) is 51.4 Å². The Balaban J connectivity index is 1.39. The van der Waals surface area contributed by atoms with Crippen molar-refractivity contribution in [3.63, 3.8) is 0 Å². The van der Waals surface area contributed by atoms with Gasteiger partial charge >= 0.3 is 0 Å². The molecule has 4 saturated carbocycles. The van der Waals surface area contributed by atoms with Crippen LogP contribution >= 0.6 is 0 Å². The van der Waals surface area contributed by atoms with Gasteiger partial charge in [-0.05, 0) is 111 Å². The van der Waals surface area contributed by atoms with E-state index in [9.17, 15) is 5.11 Å². The highest BCUT2D eigenvalue weighted by molar-refractivity contribution is 5.16. The minimum Gasteiger partial charge on any atom is -0.376 e. The summed E-state index contributed by atoms with van der Waals surface area (Å²) in [5.74, 6) is 4.88. The number of ether oxygens (including phenoxy) is 1. The van der Waals surface area contributed by atoms with Gasteiger partial charge in [-0.1, -0.05) is 34.6 Å². The lowest BCUT2D eigenvalue weighted by molar-refractivity contribution is -0.215. The van der Waals surface area contributed by atoms with Gasteiger partial charge in [0.1, 0.15) is 5.72 Å². The molecule has 30 heavy (non-hydrogen) atoms. The number of hydrogen-bond donors (Lipinski definition) is 2. The van der Waals surface area contributed by atoms with Crippen LogP contribution in [-0.4, -0.2) is 23.0 Å². The van der Waals surface area contributed by atoms with E-state index in [0.717, 1.165) is 36.5 Å². The van der Waals surface area contributed by atoms with Gasteiger partial charge in [0.05, 0.1) is 12.2 Å². The zero-order chi connectivity index (χ0) is 21.5. The average Bonchev–Trinajstić information content (AvgIpc) is 3.14. The monoisotopic (exact) mass is 417 g/mol. The Kier molecular flexibility index (Phi) is 5.20. The third-order valence-electron chi connectivity index (χ3n) is 11.6. The maximum absolute atomic E-state index is 11.4. The Hall–Kier alpha value is -0.120. The maximum Gasteiger partial charge on any atom is 0.119 e. The first-order valence-electron chi connectivity index (χ1n) is 13.3. The number of nitrogens with two attached hydrogens (primary N) is 1. The van der Waals surface area contributed by atoms with Crippen LogP contribution in [0.4, 0.5) is 0 Å². The van der Waals surface area contributed by atoms with Crippen LogP contribution in [0, 0.1) is 52.3 Å². The molecular weight excluding hydrogens is 370 g/mol. The first-order chi connectivity index (χ1) is 14.1. The zero-order valence-corrected chi connectivity index (χ0v) is 20.2. The lowest BCUT2D eigenvalue weighted by Crippen LogP contribution is -2.67. The van der Waals surface area contributed by atoms with Gasteiger partial charge < -0.3 is 15.6 Å². The number of hydrogen-bond acceptors (Lipinski definition) is 3. The van der Waals surface area contributed by atoms with Crippen molar-refractivity contribution >= 4 is 0 Å². The second kappa shape index (κ2) is 7.19. The maximum atomic E-state index is 11.4. The second-order valence-electron chi connectivity index (χ2n) is 13.1. The number of rotatable bonds is 3. The molecule has 0 bridgehead atoms. The molecule has 1 saturated heterocycles. The molecule has 0 aromatic heterocycles. The van der Waals surface area contributed by atoms with Gasteiger partial charge in [0.15, 0.2) is 0 Å². The number of fused-ring (bicyclic) bond motifs is 7. The molecule has 3 unspecified atom stereocenters. The minimum absolute atomic E-state index is 0.0977. The van der Waals surface area contributed by atoms with Crippen LogP contribution in [0.5, 0.6) is 0 Å². The smallest absolute Gasteiger partial charge is 0.119 e. The summed E-state index contributed by atoms with van der Waals surface area (Å²) in [4.78, 5) is 0. The molecule has 5 fully saturated rings. The fraction of sp³-hybridized carbons (Fsp3) is 1.00. The molecule has 0 radical (unpaired) electrons. The molecule has 5 rings (SSSR count). The highest BCUT2D eigenvalue weighted by Crippen LogP contribution is 2.70. The van der Waals surface area contributed by atoms with Gasteiger partial charge in [-0.2, -0.15) is 0 Å². The van der Waals surface area contributed by atoms with Crippen LogP contribution in [0.25, 0.3) is 0 Å². The van der Waals surface area contributed by atoms with E-state index in [-0.39, 0.29) is 5.41 Å². The minimum atomic E-state index is -0.979. The van der Waals surface area contributed by atoms with Gasteiger partial charge in [0, 0.05) is 5.41 Å². The highest BCUT2D eigenvalue weighted by Gasteiger charge is 2.68. The summed E-state index contributed by atoms with van der Waals surface area (Å²) in [6, 6.07) is 0. The quantitative estimate of drug-likeness (QED) is 0.576. The van der Waals surface area contributed by atoms with E-state index in [2.05, 4.69) is 34.6 Å². The molecule has 3 N–H and O–H groups in total. The molecule has 0 amide bonds. The predicted octanol–water partition coefficient (Wildman–Crippen LogP) is 5.74. The SMILES string of the molecule is CC(C)CCC1O[C@H]2C[C@H]3[C@@H]4CCC5CCCC(N)(O)[C@]5(C)[C@H]4CC[C@]3(C)[C@H]2[C@@H]1C. The van der Waals surface area contributed by atoms with E-state index in [1.54, 1.807) is 0 Å². The Morgan fingerprint density at radius 3 is 2.57 bits per heavy atom. The molecule has 0 spiro atoms. The third-order valence-corrected chi connectivity index (χ3v) is 11.6. The van der Waals surface area contributed by atoms with Crippen LogP contribution in [0.15, 0.2) is 0 Å². The fourth-order valence-electron chi connectivity index (χ4n) is 9.95. The van der Waals surface area contributed by atoms with Crippen LogP contribution in [0.2, 0.25) is 0 Å². The fourth-order valence-corrected chi connectivity index (χ4v) is 9.95. The Morgan fingerprint density at radius 1 is 1.07 bits per heavy atom. The van der Waals surface area contributed by atoms with Crippen molar-refractivity contribution in [2.75, 3.05) is 0 Å². The second-order valence-corrected chi connectivity index (χ2v) is 13.1. The Morgan fingerprint density at radius 2 is 1.83 bits per heavy atom. The molecule has 172 valence electrons. The summed E-state index contributed by atoms with van der Waals surface area (Å²) in [6.45, 7) is 12.1. The molecule has 1 aliphatic heterocycles. The van der Waals surface area contributed by atoms with Crippen molar-refractivity contribution < 1.29 is 9.84 Å². The molecule has 0 aromatic carbocycles. The van der Waals surface area contributed by atoms with Gasteiger partial charge in [-0.15, -0.1) is 0 Å². The molecule has 3 nitrogen and oxygen atoms in total. The van der Waals surface area contributed by atoms with Crippen molar-refractivity contribution in [1.29, 1.82) is 0 Å². The first kappa shape index (κ1) is 21.7. The van der Waals surface area contributed by atoms with E-state index in [4.69, 9.17) is 10.5 Å². The van der Waals surface area contributed by atoms with E-state index >= 15 is 0 Å². The molecular formula is C27H47NO2. The highest BCUT2D eigenvalue weighted by atomic mass is 16.5. The molecule has 1 heterocycles. The molecule has 4 aliphatic carbocycles. The third kappa shape index (κ3) is 2.86. The van der Waals surface area contributed by atoms with Crippen molar-refractivity contribution in [2.45, 2.75) is 117 Å². The molecule has 0 aromatic rings. The standard InChI is InChI=1S/C27H47NO2/c1-16(2)8-11-22-17(3)24-23(30-22)15-21-19-10-9-18-7-6-13-27(28,29)26(18,5)20(19)12-14-25(21,24)4/h16-24,29H,6-15,28H2,1-5H3/t17-,18?,19-,20+,21+,22?,23+,24+,25+,26+,27?/m1/s1. The summed E-state index contributed by atoms with van der Waals surface area (Å²) in [6.07, 6.45) is 13.1. The van der Waals surface area contributed by atoms with Crippen LogP contribution in [0.1, 0.15) is 98.8 Å². The van der Waals surface area contributed by atoms with E-state index in [1.807, 2.05) is 0 Å². The molecule has 3 heteroatoms. The zero-order valence-electron chi connectivity index (χ0n) is 20.2. The molecule has 11 atom stereocenters. The van der Waals surface area contributed by atoms with Crippen molar-refractivity contribution in [3.05, 3.63) is 0 Å². The summed E-state index contributed by atoms with van der Waals surface area (Å²) in [7, 11) is 0. The van der Waals surface area contributed by atoms with Crippen molar-refractivity contribution in [3.8, 4) is 0 Å². The summed E-state index contributed by atoms with van der Waals surface area (Å²) in [5, 5.41) is 11.4. The van der Waals surface area contributed by atoms with Crippen molar-refractivity contribution in [2.24, 2.45) is 58.0 Å². The summed E-state index contributed by atoms with van der Waals surface area (Å²) < 4.78 is 6.78. The lowest BCUT2D eigenvalue weighted by atomic mass is 9.42. The van der Waals surface area contributed by atoms with Gasteiger partial charge in [0.25, 0.3) is 0 Å². The largest absolute Gasteiger partial charge is 0.376 e.